The molecule has 0 saturated heterocycles. The third-order valence-electron chi connectivity index (χ3n) is 5.02. The first-order valence-electron chi connectivity index (χ1n) is 9.09. The zero-order valence-corrected chi connectivity index (χ0v) is 18.1. The van der Waals surface area contributed by atoms with E-state index in [1.54, 1.807) is 44.3 Å². The van der Waals surface area contributed by atoms with E-state index in [1.165, 1.54) is 0 Å². The van der Waals surface area contributed by atoms with Crippen molar-refractivity contribution in [3.8, 4) is 0 Å². The maximum absolute atomic E-state index is 13.1. The van der Waals surface area contributed by atoms with Gasteiger partial charge in [-0.2, -0.15) is 0 Å². The summed E-state index contributed by atoms with van der Waals surface area (Å²) in [5, 5.41) is 0. The first-order chi connectivity index (χ1) is 13.6. The molecule has 1 aliphatic rings. The number of hydrogen-bond acceptors (Lipinski definition) is 7. The van der Waals surface area contributed by atoms with E-state index in [0.29, 0.717) is 23.6 Å². The average Bonchev–Trinajstić information content (AvgIpc) is 3.14. The van der Waals surface area contributed by atoms with E-state index in [0.717, 1.165) is 21.6 Å². The highest BCUT2D eigenvalue weighted by Gasteiger charge is 2.34. The molecule has 0 aliphatic carbocycles. The van der Waals surface area contributed by atoms with Crippen LogP contribution in [0.4, 0.5) is 11.4 Å². The lowest BCUT2D eigenvalue weighted by molar-refractivity contribution is 0.560. The lowest BCUT2D eigenvalue weighted by Gasteiger charge is -2.31. The van der Waals surface area contributed by atoms with E-state index in [-0.39, 0.29) is 4.90 Å². The van der Waals surface area contributed by atoms with Crippen molar-refractivity contribution in [2.75, 3.05) is 11.6 Å². The summed E-state index contributed by atoms with van der Waals surface area (Å²) in [4.78, 5) is 11.0. The van der Waals surface area contributed by atoms with Crippen LogP contribution in [0.2, 0.25) is 0 Å². The van der Waals surface area contributed by atoms with E-state index < -0.39 is 14.6 Å². The summed E-state index contributed by atoms with van der Waals surface area (Å²) in [6.45, 7) is 9.22. The molecule has 0 atom stereocenters. The van der Waals surface area contributed by atoms with Gasteiger partial charge in [0.15, 0.2) is 9.84 Å². The first kappa shape index (κ1) is 19.6. The van der Waals surface area contributed by atoms with Crippen LogP contribution in [0.5, 0.6) is 0 Å². The van der Waals surface area contributed by atoms with E-state index in [1.807, 2.05) is 34.7 Å². The highest BCUT2D eigenvalue weighted by molar-refractivity contribution is 7.92. The number of sulfone groups is 1. The minimum Gasteiger partial charge on any atom is -0.383 e. The van der Waals surface area contributed by atoms with Gasteiger partial charge in [0.25, 0.3) is 0 Å². The Morgan fingerprint density at radius 1 is 1.24 bits per heavy atom. The molecule has 0 fully saturated rings. The fourth-order valence-electron chi connectivity index (χ4n) is 3.28. The van der Waals surface area contributed by atoms with Gasteiger partial charge in [-0.25, -0.2) is 18.4 Å². The van der Waals surface area contributed by atoms with Crippen molar-refractivity contribution in [1.82, 2.24) is 4.98 Å². The highest BCUT2D eigenvalue weighted by Crippen LogP contribution is 2.38. The van der Waals surface area contributed by atoms with Gasteiger partial charge in [0.2, 0.25) is 0 Å². The Bertz CT molecular complexity index is 1270. The molecule has 150 valence electrons. The number of fused-ring (bicyclic) bond motifs is 2. The van der Waals surface area contributed by atoms with E-state index >= 15 is 0 Å². The summed E-state index contributed by atoms with van der Waals surface area (Å²) < 4.78 is 26.4. The number of hydrogen-bond donors (Lipinski definition) is 1. The first-order valence-corrected chi connectivity index (χ1v) is 11.5. The second-order valence-electron chi connectivity index (χ2n) is 7.84. The molecule has 0 bridgehead atoms. The minimum atomic E-state index is -3.59. The maximum Gasteiger partial charge on any atom is 0.183 e. The zero-order chi connectivity index (χ0) is 21.0. The molecule has 0 radical (unpaired) electrons. The van der Waals surface area contributed by atoms with Crippen molar-refractivity contribution < 1.29 is 8.42 Å². The van der Waals surface area contributed by atoms with Crippen molar-refractivity contribution in [2.24, 2.45) is 10.7 Å². The van der Waals surface area contributed by atoms with Crippen molar-refractivity contribution in [2.45, 2.75) is 30.4 Å². The Morgan fingerprint density at radius 3 is 2.69 bits per heavy atom. The number of nitrogens with zero attached hydrogens (tertiary/aromatic N) is 3. The number of nitrogens with two attached hydrogens (primary N) is 1. The van der Waals surface area contributed by atoms with Crippen LogP contribution >= 0.6 is 11.3 Å². The Balaban J connectivity index is 1.92. The predicted molar refractivity (Wildman–Crippen MR) is 121 cm³/mol. The number of benzene rings is 2. The van der Waals surface area contributed by atoms with Gasteiger partial charge in [-0.05, 0) is 56.7 Å². The van der Waals surface area contributed by atoms with Crippen LogP contribution in [0, 0.1) is 0 Å². The summed E-state index contributed by atoms with van der Waals surface area (Å²) in [5.74, 6) is 0.326. The highest BCUT2D eigenvalue weighted by atomic mass is 32.2. The number of aromatic nitrogens is 1. The van der Waals surface area contributed by atoms with Gasteiger partial charge in [-0.15, -0.1) is 11.3 Å². The van der Waals surface area contributed by atoms with Gasteiger partial charge >= 0.3 is 0 Å². The number of amidine groups is 1. The van der Waals surface area contributed by atoms with Crippen LogP contribution in [-0.4, -0.2) is 30.7 Å². The smallest absolute Gasteiger partial charge is 0.183 e. The molecule has 0 amide bonds. The standard InChI is InChI=1S/C21H22N4O2S2/c1-5-13-8-17-15(10-19(13)29(26,27)21(2,3)4)20(22)23-11-25(17)14-6-7-18-16(9-14)24-12-28-18/h5-10,12H,1,11H2,2-4H3,(H2,22,23). The molecular weight excluding hydrogens is 404 g/mol. The number of anilines is 2. The van der Waals surface area contributed by atoms with Crippen molar-refractivity contribution >= 4 is 54.7 Å². The quantitative estimate of drug-likeness (QED) is 0.673. The van der Waals surface area contributed by atoms with E-state index in [9.17, 15) is 8.42 Å². The zero-order valence-electron chi connectivity index (χ0n) is 16.5. The SMILES string of the molecule is C=Cc1cc2c(cc1S(=O)(=O)C(C)(C)C)C(N)=NCN2c1ccc2scnc2c1. The minimum absolute atomic E-state index is 0.216. The molecule has 1 aromatic heterocycles. The Kier molecular flexibility index (Phi) is 4.51. The molecule has 2 heterocycles. The van der Waals surface area contributed by atoms with Gasteiger partial charge < -0.3 is 10.6 Å². The molecule has 3 aromatic rings. The summed E-state index contributed by atoms with van der Waals surface area (Å²) in [7, 11) is -3.59. The van der Waals surface area contributed by atoms with Crippen molar-refractivity contribution in [1.29, 1.82) is 0 Å². The monoisotopic (exact) mass is 426 g/mol. The fraction of sp³-hybridized carbons (Fsp3) is 0.238. The second kappa shape index (κ2) is 6.67. The number of thiazole rings is 1. The molecule has 29 heavy (non-hydrogen) atoms. The van der Waals surface area contributed by atoms with E-state index in [2.05, 4.69) is 16.6 Å². The topological polar surface area (TPSA) is 88.6 Å². The summed E-state index contributed by atoms with van der Waals surface area (Å²) in [6, 6.07) is 9.48. The third kappa shape index (κ3) is 3.12. The summed E-state index contributed by atoms with van der Waals surface area (Å²) in [5.41, 5.74) is 11.8. The van der Waals surface area contributed by atoms with Crippen LogP contribution < -0.4 is 10.6 Å². The number of aliphatic imine (C=N–C) groups is 1. The molecule has 1 aliphatic heterocycles. The third-order valence-corrected chi connectivity index (χ3v) is 8.37. The van der Waals surface area contributed by atoms with E-state index in [4.69, 9.17) is 5.73 Å². The Morgan fingerprint density at radius 2 is 2.00 bits per heavy atom. The second-order valence-corrected chi connectivity index (χ2v) is 11.4. The van der Waals surface area contributed by atoms with Crippen LogP contribution in [0.1, 0.15) is 31.9 Å². The molecular formula is C21H22N4O2S2. The van der Waals surface area contributed by atoms with Gasteiger partial charge in [0.1, 0.15) is 12.5 Å². The largest absolute Gasteiger partial charge is 0.383 e. The Labute approximate surface area is 174 Å². The van der Waals surface area contributed by atoms with Gasteiger partial charge in [0.05, 0.1) is 31.1 Å². The van der Waals surface area contributed by atoms with Gasteiger partial charge in [-0.1, -0.05) is 12.7 Å². The Hall–Kier alpha value is -2.71. The summed E-state index contributed by atoms with van der Waals surface area (Å²) >= 11 is 1.58. The fourth-order valence-corrected chi connectivity index (χ4v) is 5.32. The lowest BCUT2D eigenvalue weighted by atomic mass is 10.0. The van der Waals surface area contributed by atoms with Crippen LogP contribution in [0.15, 0.2) is 52.3 Å². The molecule has 0 unspecified atom stereocenters. The molecule has 2 aromatic carbocycles. The maximum atomic E-state index is 13.1. The van der Waals surface area contributed by atoms with Crippen LogP contribution in [0.25, 0.3) is 16.3 Å². The van der Waals surface area contributed by atoms with Gasteiger partial charge in [-0.3, -0.25) is 0 Å². The molecule has 4 rings (SSSR count). The van der Waals surface area contributed by atoms with Crippen molar-refractivity contribution in [3.05, 3.63) is 53.5 Å². The molecule has 8 heteroatoms. The van der Waals surface area contributed by atoms with Crippen molar-refractivity contribution in [3.63, 3.8) is 0 Å². The molecule has 0 saturated carbocycles. The lowest BCUT2D eigenvalue weighted by Crippen LogP contribution is -2.32. The van der Waals surface area contributed by atoms with Gasteiger partial charge in [0, 0.05) is 11.3 Å². The number of rotatable bonds is 3. The molecule has 0 spiro atoms. The summed E-state index contributed by atoms with van der Waals surface area (Å²) in [6.07, 6.45) is 1.57. The van der Waals surface area contributed by atoms with Crippen LogP contribution in [-0.2, 0) is 9.84 Å². The predicted octanol–water partition coefficient (Wildman–Crippen LogP) is 4.33. The molecule has 2 N–H and O–H groups in total. The van der Waals surface area contributed by atoms with Crippen LogP contribution in [0.3, 0.4) is 0 Å². The normalized spacial score (nSPS) is 14.6. The average molecular weight is 427 g/mol. The molecule has 6 nitrogen and oxygen atoms in total.